The van der Waals surface area contributed by atoms with Gasteiger partial charge in [-0.2, -0.15) is 5.10 Å². The molecule has 0 aliphatic carbocycles. The van der Waals surface area contributed by atoms with E-state index in [4.69, 9.17) is 9.47 Å². The molecule has 0 bridgehead atoms. The first-order valence-corrected chi connectivity index (χ1v) is 10.5. The number of benzene rings is 3. The van der Waals surface area contributed by atoms with Crippen molar-refractivity contribution in [3.8, 4) is 5.75 Å². The Kier molecular flexibility index (Phi) is 8.51. The van der Waals surface area contributed by atoms with E-state index in [0.717, 1.165) is 11.1 Å². The smallest absolute Gasteiger partial charge is 0.337 e. The molecule has 34 heavy (non-hydrogen) atoms. The third-order valence-corrected chi connectivity index (χ3v) is 4.80. The number of amides is 2. The summed E-state index contributed by atoms with van der Waals surface area (Å²) in [6.07, 6.45) is 1.47. The summed E-state index contributed by atoms with van der Waals surface area (Å²) in [5.41, 5.74) is 5.91. The molecule has 174 valence electrons. The summed E-state index contributed by atoms with van der Waals surface area (Å²) in [7, 11) is 1.34. The second kappa shape index (κ2) is 12.0. The highest BCUT2D eigenvalue weighted by molar-refractivity contribution is 5.96. The van der Waals surface area contributed by atoms with Crippen molar-refractivity contribution in [2.45, 2.75) is 13.5 Å². The first-order chi connectivity index (χ1) is 16.5. The van der Waals surface area contributed by atoms with Gasteiger partial charge in [0.25, 0.3) is 11.8 Å². The molecule has 0 unspecified atom stereocenters. The molecule has 0 radical (unpaired) electrons. The van der Waals surface area contributed by atoms with Crippen LogP contribution in [-0.2, 0) is 16.1 Å². The number of rotatable bonds is 9. The zero-order valence-electron chi connectivity index (χ0n) is 18.9. The van der Waals surface area contributed by atoms with Gasteiger partial charge >= 0.3 is 5.97 Å². The Morgan fingerprint density at radius 3 is 2.29 bits per heavy atom. The largest absolute Gasteiger partial charge is 0.488 e. The molecule has 3 rings (SSSR count). The van der Waals surface area contributed by atoms with Gasteiger partial charge in [0.15, 0.2) is 0 Å². The lowest BCUT2D eigenvalue weighted by Crippen LogP contribution is -2.34. The second-order valence-corrected chi connectivity index (χ2v) is 7.36. The van der Waals surface area contributed by atoms with Crippen LogP contribution in [0.15, 0.2) is 77.9 Å². The van der Waals surface area contributed by atoms with Crippen LogP contribution in [0.1, 0.15) is 37.4 Å². The van der Waals surface area contributed by atoms with Gasteiger partial charge in [-0.15, -0.1) is 0 Å². The normalized spacial score (nSPS) is 10.5. The van der Waals surface area contributed by atoms with Crippen LogP contribution in [-0.4, -0.2) is 37.7 Å². The Labute approximate surface area is 197 Å². The fourth-order valence-electron chi connectivity index (χ4n) is 2.92. The van der Waals surface area contributed by atoms with Gasteiger partial charge in [0.1, 0.15) is 12.4 Å². The molecule has 2 N–H and O–H groups in total. The van der Waals surface area contributed by atoms with Crippen LogP contribution in [0.2, 0.25) is 0 Å². The maximum absolute atomic E-state index is 12.1. The molecule has 8 nitrogen and oxygen atoms in total. The van der Waals surface area contributed by atoms with Crippen LogP contribution in [0.3, 0.4) is 0 Å². The van der Waals surface area contributed by atoms with Gasteiger partial charge in [0.2, 0.25) is 0 Å². The topological polar surface area (TPSA) is 106 Å². The molecule has 2 amide bonds. The lowest BCUT2D eigenvalue weighted by atomic mass is 10.1. The van der Waals surface area contributed by atoms with Crippen LogP contribution >= 0.6 is 0 Å². The average molecular weight is 460 g/mol. The highest BCUT2D eigenvalue weighted by atomic mass is 16.5. The molecule has 8 heteroatoms. The van der Waals surface area contributed by atoms with E-state index in [9.17, 15) is 14.4 Å². The SMILES string of the molecule is COC(=O)c1ccc(COc2ccccc2/C=N\NC(=O)CNC(=O)c2ccc(C)cc2)cc1. The lowest BCUT2D eigenvalue weighted by Gasteiger charge is -2.09. The summed E-state index contributed by atoms with van der Waals surface area (Å²) in [6.45, 7) is 2.01. The summed E-state index contributed by atoms with van der Waals surface area (Å²) >= 11 is 0. The Balaban J connectivity index is 1.50. The van der Waals surface area contributed by atoms with E-state index in [-0.39, 0.29) is 19.1 Å². The number of hydrazone groups is 1. The van der Waals surface area contributed by atoms with E-state index in [1.807, 2.05) is 31.2 Å². The van der Waals surface area contributed by atoms with Crippen LogP contribution < -0.4 is 15.5 Å². The average Bonchev–Trinajstić information content (AvgIpc) is 2.87. The number of para-hydroxylation sites is 1. The van der Waals surface area contributed by atoms with Crippen LogP contribution in [0.5, 0.6) is 5.75 Å². The molecule has 0 saturated heterocycles. The van der Waals surface area contributed by atoms with Crippen molar-refractivity contribution in [1.82, 2.24) is 10.7 Å². The van der Waals surface area contributed by atoms with Crippen LogP contribution in [0, 0.1) is 6.92 Å². The van der Waals surface area contributed by atoms with E-state index >= 15 is 0 Å². The van der Waals surface area contributed by atoms with E-state index in [2.05, 4.69) is 15.8 Å². The molecular formula is C26H25N3O5. The maximum Gasteiger partial charge on any atom is 0.337 e. The fourth-order valence-corrected chi connectivity index (χ4v) is 2.92. The van der Waals surface area contributed by atoms with Gasteiger partial charge in [-0.1, -0.05) is 42.0 Å². The first-order valence-electron chi connectivity index (χ1n) is 10.5. The van der Waals surface area contributed by atoms with E-state index in [1.54, 1.807) is 48.5 Å². The number of carbonyl (C=O) groups is 3. The minimum Gasteiger partial charge on any atom is -0.488 e. The zero-order valence-corrected chi connectivity index (χ0v) is 18.9. The lowest BCUT2D eigenvalue weighted by molar-refractivity contribution is -0.120. The molecule has 0 aromatic heterocycles. The van der Waals surface area contributed by atoms with E-state index in [0.29, 0.717) is 22.4 Å². The summed E-state index contributed by atoms with van der Waals surface area (Å²) in [5, 5.41) is 6.51. The molecule has 3 aromatic carbocycles. The number of hydrogen-bond acceptors (Lipinski definition) is 6. The Hall–Kier alpha value is -4.46. The standard InChI is InChI=1S/C26H25N3O5/c1-18-7-11-20(12-8-18)25(31)27-16-24(30)29-28-15-22-5-3-4-6-23(22)34-17-19-9-13-21(14-10-19)26(32)33-2/h3-15H,16-17H2,1-2H3,(H,27,31)(H,29,30)/b28-15-. The number of esters is 1. The van der Waals surface area contributed by atoms with Crippen LogP contribution in [0.25, 0.3) is 0 Å². The second-order valence-electron chi connectivity index (χ2n) is 7.36. The van der Waals surface area contributed by atoms with Gasteiger partial charge in [0.05, 0.1) is 25.4 Å². The molecule has 0 saturated carbocycles. The number of methoxy groups -OCH3 is 1. The summed E-state index contributed by atoms with van der Waals surface area (Å²) in [4.78, 5) is 35.6. The minimum absolute atomic E-state index is 0.205. The van der Waals surface area contributed by atoms with Gasteiger partial charge < -0.3 is 14.8 Å². The summed E-state index contributed by atoms with van der Waals surface area (Å²) in [5.74, 6) is -0.616. The molecule has 0 spiro atoms. The number of carbonyl (C=O) groups excluding carboxylic acids is 3. The number of ether oxygens (including phenoxy) is 2. The fraction of sp³-hybridized carbons (Fsp3) is 0.154. The molecule has 0 aliphatic heterocycles. The predicted molar refractivity (Wildman–Crippen MR) is 128 cm³/mol. The van der Waals surface area contributed by atoms with Gasteiger partial charge in [0, 0.05) is 11.1 Å². The van der Waals surface area contributed by atoms with Gasteiger partial charge in [-0.3, -0.25) is 9.59 Å². The highest BCUT2D eigenvalue weighted by Crippen LogP contribution is 2.18. The molecule has 0 heterocycles. The van der Waals surface area contributed by atoms with Crippen molar-refractivity contribution in [1.29, 1.82) is 0 Å². The Morgan fingerprint density at radius 2 is 1.59 bits per heavy atom. The molecule has 0 fully saturated rings. The molecule has 0 aliphatic rings. The minimum atomic E-state index is -0.458. The third kappa shape index (κ3) is 7.03. The number of hydrogen-bond donors (Lipinski definition) is 2. The van der Waals surface area contributed by atoms with Crippen molar-refractivity contribution in [2.75, 3.05) is 13.7 Å². The number of nitrogens with one attached hydrogen (secondary N) is 2. The molecule has 3 aromatic rings. The predicted octanol–water partition coefficient (Wildman–Crippen LogP) is 3.24. The van der Waals surface area contributed by atoms with E-state index < -0.39 is 11.9 Å². The Morgan fingerprint density at radius 1 is 0.912 bits per heavy atom. The third-order valence-electron chi connectivity index (χ3n) is 4.80. The van der Waals surface area contributed by atoms with Crippen molar-refractivity contribution in [2.24, 2.45) is 5.10 Å². The quantitative estimate of drug-likeness (QED) is 0.290. The molecular weight excluding hydrogens is 434 g/mol. The van der Waals surface area contributed by atoms with Crippen molar-refractivity contribution in [3.05, 3.63) is 101 Å². The monoisotopic (exact) mass is 459 g/mol. The van der Waals surface area contributed by atoms with Gasteiger partial charge in [-0.25, -0.2) is 10.2 Å². The number of nitrogens with zero attached hydrogens (tertiary/aromatic N) is 1. The van der Waals surface area contributed by atoms with Crippen LogP contribution in [0.4, 0.5) is 0 Å². The Bertz CT molecular complexity index is 1170. The first kappa shape index (κ1) is 24.2. The summed E-state index contributed by atoms with van der Waals surface area (Å²) < 4.78 is 10.6. The maximum atomic E-state index is 12.1. The summed E-state index contributed by atoms with van der Waals surface area (Å²) in [6, 6.07) is 21.2. The number of aryl methyl sites for hydroxylation is 1. The van der Waals surface area contributed by atoms with E-state index in [1.165, 1.54) is 13.3 Å². The zero-order chi connectivity index (χ0) is 24.3. The van der Waals surface area contributed by atoms with Crippen molar-refractivity contribution >= 4 is 24.0 Å². The van der Waals surface area contributed by atoms with Gasteiger partial charge in [-0.05, 0) is 48.9 Å². The van der Waals surface area contributed by atoms with Crippen molar-refractivity contribution < 1.29 is 23.9 Å². The van der Waals surface area contributed by atoms with Crippen molar-refractivity contribution in [3.63, 3.8) is 0 Å². The highest BCUT2D eigenvalue weighted by Gasteiger charge is 2.08. The molecule has 0 atom stereocenters.